The number of nitro groups is 1. The van der Waals surface area contributed by atoms with Crippen molar-refractivity contribution < 1.29 is 33.0 Å². The molecular formula is C15H8F3N3O5. The van der Waals surface area contributed by atoms with E-state index in [0.717, 1.165) is 24.3 Å². The maximum Gasteiger partial charge on any atom is 0.478 e. The number of hydrogen-bond acceptors (Lipinski definition) is 6. The molecule has 0 bridgehead atoms. The van der Waals surface area contributed by atoms with Crippen molar-refractivity contribution in [2.24, 2.45) is 0 Å². The summed E-state index contributed by atoms with van der Waals surface area (Å²) >= 11 is 0. The van der Waals surface area contributed by atoms with Crippen LogP contribution in [0.25, 0.3) is 11.6 Å². The SMILES string of the molecule is N#C/C(=C\c1cc(O)c(O)c([N+](=O)[O-])c1)c1ccc(C(F)(F)F)[n+]([O-])c1. The van der Waals surface area contributed by atoms with Gasteiger partial charge in [-0.15, -0.1) is 0 Å². The minimum atomic E-state index is -4.87. The summed E-state index contributed by atoms with van der Waals surface area (Å²) < 4.78 is 37.3. The predicted octanol–water partition coefficient (Wildman–Crippen LogP) is 2.72. The van der Waals surface area contributed by atoms with E-state index >= 15 is 0 Å². The second-order valence-corrected chi connectivity index (χ2v) is 4.96. The number of allylic oxidation sites excluding steroid dienone is 1. The predicted molar refractivity (Wildman–Crippen MR) is 80.3 cm³/mol. The number of aromatic nitrogens is 1. The molecule has 2 aromatic rings. The minimum absolute atomic E-state index is 0.0825. The molecule has 2 rings (SSSR count). The van der Waals surface area contributed by atoms with E-state index in [1.165, 1.54) is 0 Å². The molecular weight excluding hydrogens is 359 g/mol. The zero-order chi connectivity index (χ0) is 19.6. The first-order valence-corrected chi connectivity index (χ1v) is 6.67. The molecule has 8 nitrogen and oxygen atoms in total. The van der Waals surface area contributed by atoms with Gasteiger partial charge in [-0.2, -0.15) is 23.2 Å². The Kier molecular flexibility index (Phi) is 4.70. The number of pyridine rings is 1. The van der Waals surface area contributed by atoms with Gasteiger partial charge in [0.05, 0.1) is 16.1 Å². The molecule has 0 fully saturated rings. The Balaban J connectivity index is 2.55. The van der Waals surface area contributed by atoms with E-state index in [0.29, 0.717) is 12.3 Å². The highest BCUT2D eigenvalue weighted by molar-refractivity contribution is 5.90. The minimum Gasteiger partial charge on any atom is -0.618 e. The van der Waals surface area contributed by atoms with Crippen LogP contribution in [0.15, 0.2) is 30.5 Å². The quantitative estimate of drug-likeness (QED) is 0.214. The van der Waals surface area contributed by atoms with Crippen LogP contribution in [0.1, 0.15) is 16.8 Å². The van der Waals surface area contributed by atoms with Crippen LogP contribution < -0.4 is 4.73 Å². The number of nitrogens with zero attached hydrogens (tertiary/aromatic N) is 3. The van der Waals surface area contributed by atoms with Crippen LogP contribution in [0, 0.1) is 26.7 Å². The second-order valence-electron chi connectivity index (χ2n) is 4.96. The molecule has 134 valence electrons. The first-order chi connectivity index (χ1) is 12.0. The third kappa shape index (κ3) is 3.64. The molecule has 0 radical (unpaired) electrons. The first-order valence-electron chi connectivity index (χ1n) is 6.67. The van der Waals surface area contributed by atoms with Gasteiger partial charge in [-0.1, -0.05) is 0 Å². The molecule has 0 unspecified atom stereocenters. The Labute approximate surface area is 143 Å². The maximum absolute atomic E-state index is 12.6. The molecule has 0 saturated carbocycles. The fourth-order valence-electron chi connectivity index (χ4n) is 2.05. The van der Waals surface area contributed by atoms with Gasteiger partial charge in [0.25, 0.3) is 5.69 Å². The molecule has 26 heavy (non-hydrogen) atoms. The first kappa shape index (κ1) is 18.5. The Morgan fingerprint density at radius 3 is 2.46 bits per heavy atom. The molecule has 1 aromatic carbocycles. The highest BCUT2D eigenvalue weighted by Gasteiger charge is 2.39. The Bertz CT molecular complexity index is 964. The number of alkyl halides is 3. The monoisotopic (exact) mass is 367 g/mol. The standard InChI is InChI=1S/C15H8F3N3O5/c16-15(17,18)13-2-1-9(7-20(13)24)10(6-19)3-8-4-11(21(25)26)14(23)12(22)5-8/h1-5,7,22-23H/b10-3+. The van der Waals surface area contributed by atoms with Gasteiger partial charge >= 0.3 is 11.9 Å². The molecule has 0 amide bonds. The highest BCUT2D eigenvalue weighted by atomic mass is 19.4. The lowest BCUT2D eigenvalue weighted by atomic mass is 10.0. The van der Waals surface area contributed by atoms with E-state index in [4.69, 9.17) is 5.26 Å². The van der Waals surface area contributed by atoms with Gasteiger partial charge in [-0.25, -0.2) is 0 Å². The van der Waals surface area contributed by atoms with Gasteiger partial charge in [0, 0.05) is 12.1 Å². The smallest absolute Gasteiger partial charge is 0.478 e. The number of halogens is 3. The number of nitriles is 1. The van der Waals surface area contributed by atoms with E-state index in [2.05, 4.69) is 0 Å². The molecule has 2 N–H and O–H groups in total. The van der Waals surface area contributed by atoms with Gasteiger partial charge in [0.2, 0.25) is 5.75 Å². The van der Waals surface area contributed by atoms with Crippen LogP contribution in [-0.4, -0.2) is 15.1 Å². The summed E-state index contributed by atoms with van der Waals surface area (Å²) in [7, 11) is 0. The fourth-order valence-corrected chi connectivity index (χ4v) is 2.05. The van der Waals surface area contributed by atoms with Crippen molar-refractivity contribution >= 4 is 17.3 Å². The molecule has 0 spiro atoms. The zero-order valence-corrected chi connectivity index (χ0v) is 12.6. The van der Waals surface area contributed by atoms with Crippen molar-refractivity contribution in [1.82, 2.24) is 0 Å². The van der Waals surface area contributed by atoms with Gasteiger partial charge in [0.1, 0.15) is 6.07 Å². The molecule has 0 atom stereocenters. The van der Waals surface area contributed by atoms with Crippen LogP contribution in [0.4, 0.5) is 18.9 Å². The van der Waals surface area contributed by atoms with E-state index in [-0.39, 0.29) is 16.7 Å². The number of nitro benzene ring substituents is 1. The lowest BCUT2D eigenvalue weighted by molar-refractivity contribution is -0.629. The lowest BCUT2D eigenvalue weighted by Crippen LogP contribution is -2.36. The zero-order valence-electron chi connectivity index (χ0n) is 12.6. The van der Waals surface area contributed by atoms with E-state index in [9.17, 15) is 38.7 Å². The van der Waals surface area contributed by atoms with Crippen molar-refractivity contribution in [3.63, 3.8) is 0 Å². The number of aromatic hydroxyl groups is 2. The van der Waals surface area contributed by atoms with Crippen LogP contribution in [0.3, 0.4) is 0 Å². The topological polar surface area (TPSA) is 134 Å². The van der Waals surface area contributed by atoms with Crippen molar-refractivity contribution in [2.75, 3.05) is 0 Å². The number of rotatable bonds is 3. The van der Waals surface area contributed by atoms with Crippen molar-refractivity contribution in [3.8, 4) is 17.6 Å². The van der Waals surface area contributed by atoms with E-state index in [1.54, 1.807) is 6.07 Å². The maximum atomic E-state index is 12.6. The Hall–Kier alpha value is -3.81. The molecule has 1 heterocycles. The molecule has 1 aromatic heterocycles. The molecule has 0 aliphatic rings. The van der Waals surface area contributed by atoms with Crippen LogP contribution in [-0.2, 0) is 6.18 Å². The van der Waals surface area contributed by atoms with Gasteiger partial charge in [0.15, 0.2) is 11.9 Å². The average molecular weight is 367 g/mol. The second kappa shape index (κ2) is 6.60. The Morgan fingerprint density at radius 1 is 1.31 bits per heavy atom. The molecule has 0 aliphatic heterocycles. The van der Waals surface area contributed by atoms with Crippen molar-refractivity contribution in [2.45, 2.75) is 6.18 Å². The van der Waals surface area contributed by atoms with Crippen molar-refractivity contribution in [3.05, 3.63) is 62.6 Å². The molecule has 0 aliphatic carbocycles. The average Bonchev–Trinajstić information content (AvgIpc) is 2.54. The molecule has 11 heteroatoms. The van der Waals surface area contributed by atoms with Gasteiger partial charge < -0.3 is 15.4 Å². The summed E-state index contributed by atoms with van der Waals surface area (Å²) in [6.07, 6.45) is -3.33. The Morgan fingerprint density at radius 2 is 1.96 bits per heavy atom. The van der Waals surface area contributed by atoms with Crippen molar-refractivity contribution in [1.29, 1.82) is 5.26 Å². The normalized spacial score (nSPS) is 11.8. The number of hydrogen-bond donors (Lipinski definition) is 2. The third-order valence-corrected chi connectivity index (χ3v) is 3.24. The largest absolute Gasteiger partial charge is 0.618 e. The fraction of sp³-hybridized carbons (Fsp3) is 0.0667. The number of phenols is 2. The number of benzene rings is 1. The van der Waals surface area contributed by atoms with Gasteiger partial charge in [-0.3, -0.25) is 10.1 Å². The van der Waals surface area contributed by atoms with Gasteiger partial charge in [-0.05, 0) is 23.8 Å². The van der Waals surface area contributed by atoms with Crippen LogP contribution in [0.5, 0.6) is 11.5 Å². The third-order valence-electron chi connectivity index (χ3n) is 3.24. The number of phenolic OH excluding ortho intramolecular Hbond substituents is 2. The summed E-state index contributed by atoms with van der Waals surface area (Å²) in [6.45, 7) is 0. The lowest BCUT2D eigenvalue weighted by Gasteiger charge is -2.08. The highest BCUT2D eigenvalue weighted by Crippen LogP contribution is 2.37. The summed E-state index contributed by atoms with van der Waals surface area (Å²) in [6, 6.07) is 4.79. The van der Waals surface area contributed by atoms with E-state index in [1.807, 2.05) is 0 Å². The van der Waals surface area contributed by atoms with E-state index < -0.39 is 38.7 Å². The molecule has 0 saturated heterocycles. The summed E-state index contributed by atoms with van der Waals surface area (Å²) in [4.78, 5) is 9.86. The summed E-state index contributed by atoms with van der Waals surface area (Å²) in [5, 5.41) is 50.4. The summed E-state index contributed by atoms with van der Waals surface area (Å²) in [5.74, 6) is -1.80. The van der Waals surface area contributed by atoms with Crippen LogP contribution >= 0.6 is 0 Å². The van der Waals surface area contributed by atoms with Crippen LogP contribution in [0.2, 0.25) is 0 Å². The summed E-state index contributed by atoms with van der Waals surface area (Å²) in [5.41, 5.74) is -2.86.